The second kappa shape index (κ2) is 7.48. The Hall–Kier alpha value is -0.290. The second-order valence-electron chi connectivity index (χ2n) is 4.58. The van der Waals surface area contributed by atoms with Gasteiger partial charge in [-0.1, -0.05) is 36.2 Å². The topological polar surface area (TPSA) is 46.2 Å². The number of halogens is 2. The largest absolute Gasteiger partial charge is 0.314 e. The van der Waals surface area contributed by atoms with Crippen LogP contribution < -0.4 is 5.32 Å². The van der Waals surface area contributed by atoms with Gasteiger partial charge >= 0.3 is 0 Å². The van der Waals surface area contributed by atoms with Gasteiger partial charge in [0, 0.05) is 22.3 Å². The summed E-state index contributed by atoms with van der Waals surface area (Å²) in [7, 11) is -2.96. The van der Waals surface area contributed by atoms with E-state index >= 15 is 0 Å². The Morgan fingerprint density at radius 3 is 2.32 bits per heavy atom. The minimum absolute atomic E-state index is 0.0529. The van der Waals surface area contributed by atoms with Crippen molar-refractivity contribution in [3.63, 3.8) is 0 Å². The van der Waals surface area contributed by atoms with Gasteiger partial charge in [-0.2, -0.15) is 0 Å². The van der Waals surface area contributed by atoms with E-state index in [1.165, 1.54) is 6.26 Å². The van der Waals surface area contributed by atoms with Crippen LogP contribution in [0.4, 0.5) is 0 Å². The van der Waals surface area contributed by atoms with Crippen molar-refractivity contribution in [2.24, 2.45) is 0 Å². The van der Waals surface area contributed by atoms with Gasteiger partial charge in [-0.05, 0) is 37.1 Å². The number of nitrogens with one attached hydrogen (secondary N) is 1. The van der Waals surface area contributed by atoms with Crippen LogP contribution in [0.5, 0.6) is 0 Å². The van der Waals surface area contributed by atoms with Gasteiger partial charge in [0.1, 0.15) is 9.84 Å². The highest BCUT2D eigenvalue weighted by Gasteiger charge is 2.15. The highest BCUT2D eigenvalue weighted by molar-refractivity contribution is 7.90. The van der Waals surface area contributed by atoms with Crippen LogP contribution in [0.1, 0.15) is 18.9 Å². The maximum atomic E-state index is 11.2. The van der Waals surface area contributed by atoms with Crippen molar-refractivity contribution in [1.29, 1.82) is 0 Å². The summed E-state index contributed by atoms with van der Waals surface area (Å²) < 4.78 is 22.5. The van der Waals surface area contributed by atoms with Crippen LogP contribution in [0, 0.1) is 0 Å². The molecule has 1 aromatic carbocycles. The number of likely N-dealkylation sites (N-methyl/N-ethyl adjacent to an activating group) is 1. The molecule has 1 unspecified atom stereocenters. The maximum Gasteiger partial charge on any atom is 0.147 e. The van der Waals surface area contributed by atoms with E-state index in [4.69, 9.17) is 23.2 Å². The summed E-state index contributed by atoms with van der Waals surface area (Å²) in [6.45, 7) is 2.76. The first-order valence-corrected chi connectivity index (χ1v) is 8.99. The van der Waals surface area contributed by atoms with Crippen LogP contribution in [0.25, 0.3) is 0 Å². The van der Waals surface area contributed by atoms with Gasteiger partial charge < -0.3 is 5.32 Å². The molecule has 1 rings (SSSR count). The lowest BCUT2D eigenvalue weighted by atomic mass is 10.0. The monoisotopic (exact) mass is 323 g/mol. The first kappa shape index (κ1) is 16.8. The fourth-order valence-electron chi connectivity index (χ4n) is 1.90. The van der Waals surface area contributed by atoms with Crippen molar-refractivity contribution < 1.29 is 8.42 Å². The van der Waals surface area contributed by atoms with E-state index in [2.05, 4.69) is 5.32 Å². The number of hydrogen-bond acceptors (Lipinski definition) is 3. The molecule has 0 spiro atoms. The summed E-state index contributed by atoms with van der Waals surface area (Å²) in [5.74, 6) is 0.159. The Morgan fingerprint density at radius 2 is 1.84 bits per heavy atom. The van der Waals surface area contributed by atoms with Crippen LogP contribution in [0.2, 0.25) is 10.0 Å². The zero-order valence-corrected chi connectivity index (χ0v) is 13.4. The molecule has 0 bridgehead atoms. The maximum absolute atomic E-state index is 11.2. The Bertz CT molecular complexity index is 497. The van der Waals surface area contributed by atoms with E-state index in [1.807, 2.05) is 6.92 Å². The standard InChI is InChI=1S/C13H19Cl2NO2S/c1-3-16-10(7-8-19(2,17)18)9-11-12(14)5-4-6-13(11)15/h4-6,10,16H,3,7-9H2,1-2H3. The SMILES string of the molecule is CCNC(CCS(C)(=O)=O)Cc1c(Cl)cccc1Cl. The van der Waals surface area contributed by atoms with E-state index in [-0.39, 0.29) is 11.8 Å². The van der Waals surface area contributed by atoms with Crippen molar-refractivity contribution in [1.82, 2.24) is 5.32 Å². The average Bonchev–Trinajstić information content (AvgIpc) is 2.30. The van der Waals surface area contributed by atoms with Gasteiger partial charge in [0.05, 0.1) is 5.75 Å². The fraction of sp³-hybridized carbons (Fsp3) is 0.538. The van der Waals surface area contributed by atoms with Crippen LogP contribution in [-0.2, 0) is 16.3 Å². The molecule has 6 heteroatoms. The van der Waals surface area contributed by atoms with Crippen molar-refractivity contribution in [2.45, 2.75) is 25.8 Å². The summed E-state index contributed by atoms with van der Waals surface area (Å²) in [4.78, 5) is 0. The molecule has 1 N–H and O–H groups in total. The lowest BCUT2D eigenvalue weighted by Gasteiger charge is -2.19. The van der Waals surface area contributed by atoms with Gasteiger partial charge in [-0.25, -0.2) is 8.42 Å². The third-order valence-corrected chi connectivity index (χ3v) is 4.53. The molecule has 0 heterocycles. The van der Waals surface area contributed by atoms with E-state index in [0.717, 1.165) is 12.1 Å². The summed E-state index contributed by atoms with van der Waals surface area (Å²) in [6.07, 6.45) is 2.43. The molecule has 0 saturated carbocycles. The summed E-state index contributed by atoms with van der Waals surface area (Å²) in [6, 6.07) is 5.44. The van der Waals surface area contributed by atoms with Crippen LogP contribution in [0.3, 0.4) is 0 Å². The molecule has 0 radical (unpaired) electrons. The van der Waals surface area contributed by atoms with Gasteiger partial charge in [-0.3, -0.25) is 0 Å². The summed E-state index contributed by atoms with van der Waals surface area (Å²) in [5, 5.41) is 4.52. The molecule has 3 nitrogen and oxygen atoms in total. The normalized spacial score (nSPS) is 13.5. The van der Waals surface area contributed by atoms with E-state index in [1.54, 1.807) is 18.2 Å². The molecule has 0 fully saturated rings. The summed E-state index contributed by atoms with van der Waals surface area (Å²) in [5.41, 5.74) is 0.866. The first-order valence-electron chi connectivity index (χ1n) is 6.17. The number of rotatable bonds is 7. The molecule has 0 aliphatic rings. The van der Waals surface area contributed by atoms with Crippen molar-refractivity contribution in [3.8, 4) is 0 Å². The number of benzene rings is 1. The molecular formula is C13H19Cl2NO2S. The molecule has 0 amide bonds. The van der Waals surface area contributed by atoms with Gasteiger partial charge in [0.2, 0.25) is 0 Å². The van der Waals surface area contributed by atoms with Crippen LogP contribution >= 0.6 is 23.2 Å². The number of sulfone groups is 1. The van der Waals surface area contributed by atoms with E-state index < -0.39 is 9.84 Å². The molecule has 0 saturated heterocycles. The average molecular weight is 324 g/mol. The highest BCUT2D eigenvalue weighted by Crippen LogP contribution is 2.26. The smallest absolute Gasteiger partial charge is 0.147 e. The number of hydrogen-bond donors (Lipinski definition) is 1. The van der Waals surface area contributed by atoms with E-state index in [9.17, 15) is 8.42 Å². The van der Waals surface area contributed by atoms with Gasteiger partial charge in [0.25, 0.3) is 0 Å². The zero-order valence-electron chi connectivity index (χ0n) is 11.1. The van der Waals surface area contributed by atoms with Crippen LogP contribution in [-0.4, -0.2) is 33.0 Å². The molecule has 0 aliphatic carbocycles. The van der Waals surface area contributed by atoms with Gasteiger partial charge in [0.15, 0.2) is 0 Å². The third-order valence-electron chi connectivity index (χ3n) is 2.84. The zero-order chi connectivity index (χ0) is 14.5. The van der Waals surface area contributed by atoms with Crippen LogP contribution in [0.15, 0.2) is 18.2 Å². The minimum Gasteiger partial charge on any atom is -0.314 e. The fourth-order valence-corrected chi connectivity index (χ4v) is 3.16. The Balaban J connectivity index is 2.78. The molecule has 1 atom stereocenters. The first-order chi connectivity index (χ1) is 8.83. The Kier molecular flexibility index (Phi) is 6.60. The van der Waals surface area contributed by atoms with E-state index in [0.29, 0.717) is 22.9 Å². The lowest BCUT2D eigenvalue weighted by molar-refractivity contribution is 0.506. The summed E-state index contributed by atoms with van der Waals surface area (Å²) >= 11 is 12.3. The molecule has 19 heavy (non-hydrogen) atoms. The molecular weight excluding hydrogens is 305 g/mol. The third kappa shape index (κ3) is 6.13. The Morgan fingerprint density at radius 1 is 1.26 bits per heavy atom. The minimum atomic E-state index is -2.96. The molecule has 0 aliphatic heterocycles. The molecule has 108 valence electrons. The predicted octanol–water partition coefficient (Wildman–Crippen LogP) is 2.95. The Labute approximate surface area is 125 Å². The quantitative estimate of drug-likeness (QED) is 0.839. The highest BCUT2D eigenvalue weighted by atomic mass is 35.5. The second-order valence-corrected chi connectivity index (χ2v) is 7.65. The van der Waals surface area contributed by atoms with Crippen molar-refractivity contribution in [3.05, 3.63) is 33.8 Å². The molecule has 1 aromatic rings. The molecule has 0 aromatic heterocycles. The van der Waals surface area contributed by atoms with Crippen molar-refractivity contribution >= 4 is 33.0 Å². The van der Waals surface area contributed by atoms with Crippen molar-refractivity contribution in [2.75, 3.05) is 18.6 Å². The van der Waals surface area contributed by atoms with Gasteiger partial charge in [-0.15, -0.1) is 0 Å². The predicted molar refractivity (Wildman–Crippen MR) is 82.0 cm³/mol. The lowest BCUT2D eigenvalue weighted by Crippen LogP contribution is -2.33.